The summed E-state index contributed by atoms with van der Waals surface area (Å²) in [6, 6.07) is 3.45. The minimum Gasteiger partial charge on any atom is -0.370 e. The summed E-state index contributed by atoms with van der Waals surface area (Å²) in [5, 5.41) is 2.60. The number of nitrogens with zero attached hydrogens (tertiary/aromatic N) is 1. The molecule has 1 aromatic rings. The molecule has 7 heteroatoms. The minimum absolute atomic E-state index is 0.150. The van der Waals surface area contributed by atoms with Gasteiger partial charge >= 0.3 is 0 Å². The smallest absolute Gasteiger partial charge is 0.271 e. The first-order valence-corrected chi connectivity index (χ1v) is 5.65. The van der Waals surface area contributed by atoms with Gasteiger partial charge in [-0.1, -0.05) is 0 Å². The van der Waals surface area contributed by atoms with E-state index in [9.17, 15) is 9.59 Å². The molecule has 0 fully saturated rings. The van der Waals surface area contributed by atoms with Gasteiger partial charge in [-0.25, -0.2) is 4.98 Å². The van der Waals surface area contributed by atoms with Gasteiger partial charge in [-0.2, -0.15) is 0 Å². The van der Waals surface area contributed by atoms with Crippen molar-refractivity contribution in [2.24, 2.45) is 5.73 Å². The van der Waals surface area contributed by atoms with Crippen molar-refractivity contribution in [2.45, 2.75) is 0 Å². The maximum absolute atomic E-state index is 11.6. The van der Waals surface area contributed by atoms with E-state index >= 15 is 0 Å². The number of primary amides is 1. The lowest BCUT2D eigenvalue weighted by atomic mass is 10.3. The molecule has 0 aliphatic heterocycles. The second-order valence-corrected chi connectivity index (χ2v) is 3.96. The molecule has 0 saturated carbocycles. The molecular weight excluding hydrogens is 290 g/mol. The van der Waals surface area contributed by atoms with Crippen molar-refractivity contribution in [1.82, 2.24) is 10.3 Å². The number of hydrogen-bond donors (Lipinski definition) is 2. The van der Waals surface area contributed by atoms with Crippen LogP contribution in [0.25, 0.3) is 0 Å². The molecule has 0 unspecified atom stereocenters. The van der Waals surface area contributed by atoms with Crippen LogP contribution in [0, 0.1) is 0 Å². The number of nitrogens with one attached hydrogen (secondary N) is 1. The molecule has 0 aliphatic carbocycles. The van der Waals surface area contributed by atoms with Crippen LogP contribution in [0.15, 0.2) is 22.8 Å². The summed E-state index contributed by atoms with van der Waals surface area (Å²) in [4.78, 5) is 25.9. The van der Waals surface area contributed by atoms with Gasteiger partial charge < -0.3 is 15.8 Å². The van der Waals surface area contributed by atoms with E-state index in [1.54, 1.807) is 12.1 Å². The van der Waals surface area contributed by atoms with Gasteiger partial charge in [0.05, 0.1) is 6.61 Å². The van der Waals surface area contributed by atoms with Crippen LogP contribution in [0.5, 0.6) is 0 Å². The minimum atomic E-state index is -0.538. The highest BCUT2D eigenvalue weighted by atomic mass is 79.9. The Morgan fingerprint density at radius 2 is 2.29 bits per heavy atom. The lowest BCUT2D eigenvalue weighted by Gasteiger charge is -2.05. The summed E-state index contributed by atoms with van der Waals surface area (Å²) < 4.78 is 5.51. The molecule has 0 bridgehead atoms. The van der Waals surface area contributed by atoms with Crippen molar-refractivity contribution in [1.29, 1.82) is 0 Å². The second kappa shape index (κ2) is 6.97. The topological polar surface area (TPSA) is 94.3 Å². The van der Waals surface area contributed by atoms with E-state index in [4.69, 9.17) is 10.5 Å². The molecule has 0 radical (unpaired) electrons. The second-order valence-electron chi connectivity index (χ2n) is 3.11. The number of carbonyl (C=O) groups excluding carboxylic acids is 2. The Bertz CT molecular complexity index is 412. The Hall–Kier alpha value is -1.47. The molecule has 92 valence electrons. The number of amides is 2. The molecule has 0 atom stereocenters. The van der Waals surface area contributed by atoms with Crippen LogP contribution in [0.4, 0.5) is 0 Å². The quantitative estimate of drug-likeness (QED) is 0.727. The summed E-state index contributed by atoms with van der Waals surface area (Å²) in [6.07, 6.45) is 1.53. The zero-order chi connectivity index (χ0) is 12.7. The average molecular weight is 302 g/mol. The molecular formula is C10H12BrN3O3. The lowest BCUT2D eigenvalue weighted by Crippen LogP contribution is -2.29. The van der Waals surface area contributed by atoms with E-state index in [1.807, 2.05) is 0 Å². The monoisotopic (exact) mass is 301 g/mol. The Labute approximate surface area is 107 Å². The van der Waals surface area contributed by atoms with E-state index < -0.39 is 5.91 Å². The van der Waals surface area contributed by atoms with Gasteiger partial charge in [0, 0.05) is 17.2 Å². The molecule has 3 N–H and O–H groups in total. The molecule has 6 nitrogen and oxygen atoms in total. The largest absolute Gasteiger partial charge is 0.370 e. The molecule has 17 heavy (non-hydrogen) atoms. The molecule has 0 aliphatic rings. The summed E-state index contributed by atoms with van der Waals surface area (Å²) in [7, 11) is 0. The van der Waals surface area contributed by atoms with Crippen LogP contribution < -0.4 is 11.1 Å². The van der Waals surface area contributed by atoms with Gasteiger partial charge in [-0.15, -0.1) is 0 Å². The molecule has 0 saturated heterocycles. The van der Waals surface area contributed by atoms with Crippen LogP contribution >= 0.6 is 15.9 Å². The first-order valence-electron chi connectivity index (χ1n) is 4.86. The molecule has 1 heterocycles. The Morgan fingerprint density at radius 3 is 2.94 bits per heavy atom. The third-order valence-corrected chi connectivity index (χ3v) is 2.39. The highest BCUT2D eigenvalue weighted by Gasteiger charge is 2.09. The molecule has 1 aromatic heterocycles. The molecule has 0 spiro atoms. The van der Waals surface area contributed by atoms with Crippen LogP contribution in [0.1, 0.15) is 10.5 Å². The summed E-state index contributed by atoms with van der Waals surface area (Å²) in [5.41, 5.74) is 5.19. The fraction of sp³-hybridized carbons (Fsp3) is 0.300. The van der Waals surface area contributed by atoms with Gasteiger partial charge in [0.15, 0.2) is 0 Å². The Morgan fingerprint density at radius 1 is 1.53 bits per heavy atom. The van der Waals surface area contributed by atoms with E-state index in [1.165, 1.54) is 6.20 Å². The van der Waals surface area contributed by atoms with Crippen LogP contribution in [-0.2, 0) is 9.53 Å². The standard InChI is InChI=1S/C10H12BrN3O3/c11-7-2-1-3-13-9(7)10(16)14-4-5-17-6-8(12)15/h1-3H,4-6H2,(H2,12,15)(H,14,16). The third-order valence-electron chi connectivity index (χ3n) is 1.75. The normalized spacial score (nSPS) is 9.94. The van der Waals surface area contributed by atoms with Crippen molar-refractivity contribution < 1.29 is 14.3 Å². The zero-order valence-electron chi connectivity index (χ0n) is 8.98. The average Bonchev–Trinajstić information content (AvgIpc) is 2.28. The zero-order valence-corrected chi connectivity index (χ0v) is 10.6. The fourth-order valence-corrected chi connectivity index (χ4v) is 1.48. The predicted octanol–water partition coefficient (Wildman–Crippen LogP) is 0.0758. The van der Waals surface area contributed by atoms with Crippen LogP contribution in [-0.4, -0.2) is 36.6 Å². The van der Waals surface area contributed by atoms with Crippen molar-refractivity contribution in [3.63, 3.8) is 0 Å². The first kappa shape index (κ1) is 13.6. The number of halogens is 1. The van der Waals surface area contributed by atoms with Crippen LogP contribution in [0.2, 0.25) is 0 Å². The summed E-state index contributed by atoms with van der Waals surface area (Å²) >= 11 is 3.22. The van der Waals surface area contributed by atoms with Crippen molar-refractivity contribution in [3.8, 4) is 0 Å². The number of hydrogen-bond acceptors (Lipinski definition) is 4. The Kier molecular flexibility index (Phi) is 5.58. The van der Waals surface area contributed by atoms with Crippen LogP contribution in [0.3, 0.4) is 0 Å². The number of nitrogens with two attached hydrogens (primary N) is 1. The summed E-state index contributed by atoms with van der Waals surface area (Å²) in [6.45, 7) is 0.359. The van der Waals surface area contributed by atoms with Crippen molar-refractivity contribution in [3.05, 3.63) is 28.5 Å². The van der Waals surface area contributed by atoms with E-state index in [2.05, 4.69) is 26.2 Å². The first-order chi connectivity index (χ1) is 8.11. The number of pyridine rings is 1. The predicted molar refractivity (Wildman–Crippen MR) is 64.3 cm³/mol. The lowest BCUT2D eigenvalue weighted by molar-refractivity contribution is -0.122. The maximum atomic E-state index is 11.6. The third kappa shape index (κ3) is 4.92. The number of aromatic nitrogens is 1. The molecule has 2 amide bonds. The van der Waals surface area contributed by atoms with Crippen molar-refractivity contribution in [2.75, 3.05) is 19.8 Å². The fourth-order valence-electron chi connectivity index (χ4n) is 1.05. The maximum Gasteiger partial charge on any atom is 0.271 e. The van der Waals surface area contributed by atoms with Gasteiger partial charge in [-0.05, 0) is 28.1 Å². The van der Waals surface area contributed by atoms with Crippen molar-refractivity contribution >= 4 is 27.7 Å². The highest BCUT2D eigenvalue weighted by molar-refractivity contribution is 9.10. The van der Waals surface area contributed by atoms with Gasteiger partial charge in [0.25, 0.3) is 5.91 Å². The van der Waals surface area contributed by atoms with E-state index in [0.29, 0.717) is 10.2 Å². The van der Waals surface area contributed by atoms with Gasteiger partial charge in [-0.3, -0.25) is 9.59 Å². The number of carbonyl (C=O) groups is 2. The Balaban J connectivity index is 2.31. The molecule has 1 rings (SSSR count). The SMILES string of the molecule is NC(=O)COCCNC(=O)c1ncccc1Br. The summed E-state index contributed by atoms with van der Waals surface area (Å²) in [5.74, 6) is -0.844. The number of rotatable bonds is 6. The number of ether oxygens (including phenoxy) is 1. The van der Waals surface area contributed by atoms with Gasteiger partial charge in [0.2, 0.25) is 5.91 Å². The van der Waals surface area contributed by atoms with E-state index in [0.717, 1.165) is 0 Å². The van der Waals surface area contributed by atoms with Gasteiger partial charge in [0.1, 0.15) is 12.3 Å². The highest BCUT2D eigenvalue weighted by Crippen LogP contribution is 2.12. The molecule has 0 aromatic carbocycles. The van der Waals surface area contributed by atoms with E-state index in [-0.39, 0.29) is 25.7 Å².